The Morgan fingerprint density at radius 2 is 1.40 bits per heavy atom. The minimum Gasteiger partial charge on any atom is -1.00 e. The molecule has 1 aromatic rings. The Hall–Kier alpha value is -0.740. The summed E-state index contributed by atoms with van der Waals surface area (Å²) in [5.74, 6) is 1.37. The Labute approximate surface area is 163 Å². The first-order chi connectivity index (χ1) is 11.7. The Morgan fingerprint density at radius 3 is 1.92 bits per heavy atom. The van der Waals surface area contributed by atoms with Crippen molar-refractivity contribution in [1.82, 2.24) is 0 Å². The van der Waals surface area contributed by atoms with E-state index in [0.29, 0.717) is 0 Å². The van der Waals surface area contributed by atoms with Crippen molar-refractivity contribution in [3.63, 3.8) is 0 Å². The molecule has 0 unspecified atom stereocenters. The first-order valence-corrected chi connectivity index (χ1v) is 11.1. The van der Waals surface area contributed by atoms with Gasteiger partial charge < -0.3 is 12.4 Å². The lowest BCUT2D eigenvalue weighted by Gasteiger charge is -2.03. The number of rotatable bonds is 15. The Morgan fingerprint density at radius 1 is 0.880 bits per heavy atom. The summed E-state index contributed by atoms with van der Waals surface area (Å²) in [6.07, 6.45) is 18.0. The van der Waals surface area contributed by atoms with Gasteiger partial charge in [0.05, 0.1) is 11.2 Å². The number of aryl methyl sites for hydroxylation is 1. The summed E-state index contributed by atoms with van der Waals surface area (Å²) in [6, 6.07) is 7.05. The van der Waals surface area contributed by atoms with E-state index in [1.165, 1.54) is 70.0 Å². The number of thiol groups is 1. The van der Waals surface area contributed by atoms with E-state index in [9.17, 15) is 10.1 Å². The molecule has 3 nitrogen and oxygen atoms in total. The van der Waals surface area contributed by atoms with Crippen LogP contribution in [0.5, 0.6) is 0 Å². The number of hydrogen-bond acceptors (Lipinski definition) is 2. The van der Waals surface area contributed by atoms with Crippen LogP contribution < -0.4 is 12.4 Å². The predicted molar refractivity (Wildman–Crippen MR) is 107 cm³/mol. The number of nitrogens with zero attached hydrogens (tertiary/aromatic N) is 1. The van der Waals surface area contributed by atoms with Crippen LogP contribution in [0.15, 0.2) is 24.3 Å². The lowest BCUT2D eigenvalue weighted by Crippen LogP contribution is -3.00. The number of nitro benzene ring substituents is 1. The van der Waals surface area contributed by atoms with Gasteiger partial charge in [-0.2, -0.15) is 0 Å². The van der Waals surface area contributed by atoms with Gasteiger partial charge in [-0.05, 0) is 43.0 Å². The van der Waals surface area contributed by atoms with Crippen molar-refractivity contribution >= 4 is 17.4 Å². The van der Waals surface area contributed by atoms with Gasteiger partial charge >= 0.3 is 0 Å². The summed E-state index contributed by atoms with van der Waals surface area (Å²) >= 11 is 1.54. The average Bonchev–Trinajstić information content (AvgIpc) is 2.59. The van der Waals surface area contributed by atoms with E-state index in [2.05, 4.69) is 6.26 Å². The van der Waals surface area contributed by atoms with Crippen molar-refractivity contribution < 1.29 is 17.3 Å². The largest absolute Gasteiger partial charge is 1.00 e. The quantitative estimate of drug-likeness (QED) is 0.153. The van der Waals surface area contributed by atoms with Gasteiger partial charge in [-0.15, -0.1) is 0 Å². The zero-order chi connectivity index (χ0) is 17.5. The first-order valence-electron chi connectivity index (χ1n) is 9.53. The van der Waals surface area contributed by atoms with Gasteiger partial charge in [0.15, 0.2) is 0 Å². The summed E-state index contributed by atoms with van der Waals surface area (Å²) in [5, 5.41) is 10.7. The van der Waals surface area contributed by atoms with E-state index in [1.807, 2.05) is 6.07 Å². The summed E-state index contributed by atoms with van der Waals surface area (Å²) in [5.41, 5.74) is 1.30. The third-order valence-corrected chi connectivity index (χ3v) is 5.23. The van der Waals surface area contributed by atoms with Crippen LogP contribution in [-0.2, 0) is 18.2 Å². The fourth-order valence-electron chi connectivity index (χ4n) is 3.02. The summed E-state index contributed by atoms with van der Waals surface area (Å²) in [4.78, 5) is 10.4. The molecule has 5 heteroatoms. The Bertz CT molecular complexity index is 457. The highest BCUT2D eigenvalue weighted by atomic mass is 35.5. The molecule has 0 saturated heterocycles. The molecule has 0 aliphatic carbocycles. The zero-order valence-electron chi connectivity index (χ0n) is 15.6. The SMILES string of the molecule is C[SH+]CCCCCCCCCCCCCc1cccc([N+](=O)[O-])c1.[Cl-]. The van der Waals surface area contributed by atoms with E-state index in [4.69, 9.17) is 0 Å². The van der Waals surface area contributed by atoms with E-state index >= 15 is 0 Å². The Balaban J connectivity index is 0.00000576. The molecule has 0 spiro atoms. The maximum Gasteiger partial charge on any atom is 0.269 e. The summed E-state index contributed by atoms with van der Waals surface area (Å²) in [7, 11) is 0. The van der Waals surface area contributed by atoms with E-state index in [1.54, 1.807) is 30.0 Å². The molecule has 1 rings (SSSR count). The molecule has 0 N–H and O–H groups in total. The van der Waals surface area contributed by atoms with Gasteiger partial charge in [0.25, 0.3) is 5.69 Å². The molecule has 0 aliphatic rings. The molecular weight excluding hydrogens is 354 g/mol. The fourth-order valence-corrected chi connectivity index (χ4v) is 3.56. The van der Waals surface area contributed by atoms with Gasteiger partial charge in [0.1, 0.15) is 5.75 Å². The summed E-state index contributed by atoms with van der Waals surface area (Å²) in [6.45, 7) is 0. The molecule has 0 heterocycles. The second kappa shape index (κ2) is 16.7. The van der Waals surface area contributed by atoms with Gasteiger partial charge in [0, 0.05) is 12.1 Å². The Kier molecular flexibility index (Phi) is 16.2. The molecule has 0 amide bonds. The van der Waals surface area contributed by atoms with Crippen LogP contribution in [0.1, 0.15) is 76.2 Å². The number of unbranched alkanes of at least 4 members (excludes halogenated alkanes) is 10. The molecule has 144 valence electrons. The number of halogens is 1. The third-order valence-electron chi connectivity index (χ3n) is 4.47. The van der Waals surface area contributed by atoms with Crippen molar-refractivity contribution in [2.45, 2.75) is 77.0 Å². The summed E-state index contributed by atoms with van der Waals surface area (Å²) < 4.78 is 0. The van der Waals surface area contributed by atoms with Gasteiger partial charge in [-0.1, -0.05) is 63.5 Å². The molecular formula is C20H34ClNO2S. The van der Waals surface area contributed by atoms with Crippen LogP contribution in [0.4, 0.5) is 5.69 Å². The zero-order valence-corrected chi connectivity index (χ0v) is 17.2. The molecule has 0 aliphatic heterocycles. The smallest absolute Gasteiger partial charge is 0.269 e. The highest BCUT2D eigenvalue weighted by Gasteiger charge is 2.05. The second-order valence-corrected chi connectivity index (χ2v) is 7.69. The molecule has 0 fully saturated rings. The lowest BCUT2D eigenvalue weighted by molar-refractivity contribution is -0.384. The van der Waals surface area contributed by atoms with Crippen LogP contribution in [0, 0.1) is 10.1 Å². The first kappa shape index (κ1) is 24.3. The van der Waals surface area contributed by atoms with E-state index < -0.39 is 0 Å². The van der Waals surface area contributed by atoms with Crippen molar-refractivity contribution in [3.05, 3.63) is 39.9 Å². The van der Waals surface area contributed by atoms with Crippen LogP contribution in [0.2, 0.25) is 0 Å². The molecule has 1 aromatic carbocycles. The predicted octanol–water partition coefficient (Wildman–Crippen LogP) is 2.88. The van der Waals surface area contributed by atoms with Crippen molar-refractivity contribution in [3.8, 4) is 0 Å². The number of hydrogen-bond donors (Lipinski definition) is 0. The molecule has 0 aromatic heterocycles. The standard InChI is InChI=1S/C20H33NO2S.ClH/c1-24-17-12-10-8-6-4-2-3-5-7-9-11-14-19-15-13-16-20(18-19)21(22)23;/h13,15-16,18H,2-12,14,17H2,1H3;1H. The fraction of sp³-hybridized carbons (Fsp3) is 0.700. The van der Waals surface area contributed by atoms with E-state index in [-0.39, 0.29) is 23.0 Å². The molecule has 0 saturated carbocycles. The van der Waals surface area contributed by atoms with Gasteiger partial charge in [-0.3, -0.25) is 10.1 Å². The number of nitro groups is 1. The van der Waals surface area contributed by atoms with Crippen LogP contribution in [-0.4, -0.2) is 16.9 Å². The molecule has 25 heavy (non-hydrogen) atoms. The molecule has 0 bridgehead atoms. The average molecular weight is 388 g/mol. The normalized spacial score (nSPS) is 10.4. The van der Waals surface area contributed by atoms with Gasteiger partial charge in [-0.25, -0.2) is 0 Å². The van der Waals surface area contributed by atoms with Crippen LogP contribution in [0.25, 0.3) is 0 Å². The monoisotopic (exact) mass is 387 g/mol. The highest BCUT2D eigenvalue weighted by Crippen LogP contribution is 2.16. The molecule has 0 radical (unpaired) electrons. The topological polar surface area (TPSA) is 43.1 Å². The highest BCUT2D eigenvalue weighted by molar-refractivity contribution is 7.77. The maximum absolute atomic E-state index is 10.7. The van der Waals surface area contributed by atoms with Crippen molar-refractivity contribution in [1.29, 1.82) is 0 Å². The number of non-ortho nitro benzene ring substituents is 1. The minimum atomic E-state index is -0.313. The third kappa shape index (κ3) is 13.2. The van der Waals surface area contributed by atoms with Crippen LogP contribution >= 0.6 is 0 Å². The molecule has 0 atom stereocenters. The second-order valence-electron chi connectivity index (χ2n) is 6.61. The maximum atomic E-state index is 10.7. The van der Waals surface area contributed by atoms with Crippen LogP contribution in [0.3, 0.4) is 0 Å². The number of benzene rings is 1. The van der Waals surface area contributed by atoms with Crippen molar-refractivity contribution in [2.75, 3.05) is 12.0 Å². The van der Waals surface area contributed by atoms with E-state index in [0.717, 1.165) is 18.4 Å². The van der Waals surface area contributed by atoms with Gasteiger partial charge in [0.2, 0.25) is 0 Å². The van der Waals surface area contributed by atoms with Crippen molar-refractivity contribution in [2.24, 2.45) is 0 Å². The minimum absolute atomic E-state index is 0. The lowest BCUT2D eigenvalue weighted by atomic mass is 10.0.